The Morgan fingerprint density at radius 1 is 0.623 bits per heavy atom. The summed E-state index contributed by atoms with van der Waals surface area (Å²) in [5.41, 5.74) is 6.10. The third kappa shape index (κ3) is 9.22. The lowest BCUT2D eigenvalue weighted by Gasteiger charge is -2.39. The summed E-state index contributed by atoms with van der Waals surface area (Å²) in [6.45, 7) is 0.192. The normalized spacial score (nSPS) is 11.8. The molecule has 0 unspecified atom stereocenters. The van der Waals surface area contributed by atoms with Gasteiger partial charge in [-0.05, 0) is 57.2 Å². The monoisotopic (exact) mass is 700 g/mol. The Bertz CT molecular complexity index is 2020. The van der Waals surface area contributed by atoms with Crippen molar-refractivity contribution in [3.8, 4) is 11.1 Å². The highest BCUT2D eigenvalue weighted by Gasteiger charge is 2.40. The maximum Gasteiger partial charge on any atom is 0.411 e. The third-order valence-electron chi connectivity index (χ3n) is 8.95. The van der Waals surface area contributed by atoms with Gasteiger partial charge in [-0.25, -0.2) is 4.79 Å². The first-order valence-electron chi connectivity index (χ1n) is 17.4. The molecule has 0 radical (unpaired) electrons. The zero-order valence-electron chi connectivity index (χ0n) is 29.4. The largest absolute Gasteiger partial charge is 0.468 e. The number of benzene rings is 6. The third-order valence-corrected chi connectivity index (χ3v) is 8.95. The summed E-state index contributed by atoms with van der Waals surface area (Å²) in [7, 11) is 1.33. The van der Waals surface area contributed by atoms with Crippen LogP contribution < -0.4 is 10.6 Å². The number of esters is 1. The molecule has 0 spiro atoms. The Morgan fingerprint density at radius 3 is 1.58 bits per heavy atom. The van der Waals surface area contributed by atoms with Gasteiger partial charge in [0.05, 0.1) is 12.6 Å². The Hall–Kier alpha value is -6.57. The number of carbonyl (C=O) groups is 3. The molecule has 53 heavy (non-hydrogen) atoms. The molecule has 0 aliphatic rings. The number of ketones is 1. The van der Waals surface area contributed by atoms with Crippen molar-refractivity contribution in [3.63, 3.8) is 0 Å². The van der Waals surface area contributed by atoms with Gasteiger partial charge in [0.25, 0.3) is 0 Å². The summed E-state index contributed by atoms with van der Waals surface area (Å²) in [4.78, 5) is 39.1. The van der Waals surface area contributed by atoms with Crippen LogP contribution in [0.15, 0.2) is 176 Å². The number of hydrogen-bond donors (Lipinski definition) is 2. The quantitative estimate of drug-likeness (QED) is 0.0669. The Balaban J connectivity index is 1.14. The second-order valence-corrected chi connectivity index (χ2v) is 12.5. The van der Waals surface area contributed by atoms with Crippen molar-refractivity contribution in [2.45, 2.75) is 24.6 Å². The Labute approximate surface area is 309 Å². The molecule has 6 rings (SSSR count). The first kappa shape index (κ1) is 36.2. The van der Waals surface area contributed by atoms with Crippen molar-refractivity contribution in [2.24, 2.45) is 0 Å². The van der Waals surface area contributed by atoms with Gasteiger partial charge in [-0.15, -0.1) is 0 Å². The van der Waals surface area contributed by atoms with Crippen LogP contribution >= 0.6 is 0 Å². The van der Waals surface area contributed by atoms with Crippen molar-refractivity contribution in [3.05, 3.63) is 204 Å². The highest BCUT2D eigenvalue weighted by molar-refractivity contribution is 5.97. The standard InChI is InChI=1S/C46H40N2O5/c1-52-44(50)43(48-46(38-16-8-3-9-17-38,39-18-10-4-11-19-39)40-20-12-5-13-21-40)32-42(49)31-24-34-22-25-36(26-23-34)37-27-29-41(30-28-37)47-45(51)53-33-35-14-6-2-7-15-35/h2-31,43,48H,32-33H2,1H3,(H,47,51)/b31-24+/t43-/m0/s1. The second kappa shape index (κ2) is 17.6. The summed E-state index contributed by atoms with van der Waals surface area (Å²) >= 11 is 0. The molecule has 264 valence electrons. The van der Waals surface area contributed by atoms with Gasteiger partial charge in [0, 0.05) is 12.1 Å². The van der Waals surface area contributed by atoms with E-state index in [1.54, 1.807) is 6.08 Å². The lowest BCUT2D eigenvalue weighted by Crippen LogP contribution is -2.53. The van der Waals surface area contributed by atoms with E-state index in [0.717, 1.165) is 38.9 Å². The maximum atomic E-state index is 13.5. The van der Waals surface area contributed by atoms with Crippen LogP contribution in [0.5, 0.6) is 0 Å². The van der Waals surface area contributed by atoms with Gasteiger partial charge >= 0.3 is 12.1 Å². The van der Waals surface area contributed by atoms with E-state index in [1.807, 2.05) is 170 Å². The smallest absolute Gasteiger partial charge is 0.411 e. The summed E-state index contributed by atoms with van der Waals surface area (Å²) in [5, 5.41) is 6.34. The molecule has 0 bridgehead atoms. The molecule has 1 amide bonds. The molecular formula is C46H40N2O5. The average Bonchev–Trinajstić information content (AvgIpc) is 3.22. The fourth-order valence-corrected chi connectivity index (χ4v) is 6.28. The summed E-state index contributed by atoms with van der Waals surface area (Å²) < 4.78 is 10.5. The number of nitrogens with one attached hydrogen (secondary N) is 2. The van der Waals surface area contributed by atoms with Crippen molar-refractivity contribution < 1.29 is 23.9 Å². The Morgan fingerprint density at radius 2 is 1.09 bits per heavy atom. The van der Waals surface area contributed by atoms with Crippen molar-refractivity contribution >= 4 is 29.6 Å². The summed E-state index contributed by atoms with van der Waals surface area (Å²) in [5.74, 6) is -0.765. The van der Waals surface area contributed by atoms with E-state index in [4.69, 9.17) is 9.47 Å². The van der Waals surface area contributed by atoms with Gasteiger partial charge in [0.15, 0.2) is 5.78 Å². The summed E-state index contributed by atoms with van der Waals surface area (Å²) in [6, 6.07) is 53.5. The molecule has 7 heteroatoms. The molecule has 0 aliphatic carbocycles. The molecule has 6 aromatic rings. The van der Waals surface area contributed by atoms with E-state index >= 15 is 0 Å². The SMILES string of the molecule is COC(=O)[C@H](CC(=O)/C=C/c1ccc(-c2ccc(NC(=O)OCc3ccccc3)cc2)cc1)NC(c1ccccc1)(c1ccccc1)c1ccccc1. The molecule has 7 nitrogen and oxygen atoms in total. The van der Waals surface area contributed by atoms with Gasteiger partial charge < -0.3 is 9.47 Å². The predicted octanol–water partition coefficient (Wildman–Crippen LogP) is 9.20. The molecule has 0 saturated carbocycles. The average molecular weight is 701 g/mol. The number of allylic oxidation sites excluding steroid dienone is 1. The van der Waals surface area contributed by atoms with Crippen LogP contribution in [0.4, 0.5) is 10.5 Å². The van der Waals surface area contributed by atoms with E-state index < -0.39 is 23.6 Å². The number of hydrogen-bond acceptors (Lipinski definition) is 6. The number of ether oxygens (including phenoxy) is 2. The van der Waals surface area contributed by atoms with E-state index in [9.17, 15) is 14.4 Å². The second-order valence-electron chi connectivity index (χ2n) is 12.5. The maximum absolute atomic E-state index is 13.5. The van der Waals surface area contributed by atoms with E-state index in [1.165, 1.54) is 13.2 Å². The van der Waals surface area contributed by atoms with Crippen molar-refractivity contribution in [1.29, 1.82) is 0 Å². The number of rotatable bonds is 14. The topological polar surface area (TPSA) is 93.7 Å². The van der Waals surface area contributed by atoms with Crippen LogP contribution in [-0.2, 0) is 31.2 Å². The molecule has 0 fully saturated rings. The molecule has 1 atom stereocenters. The molecule has 0 aromatic heterocycles. The van der Waals surface area contributed by atoms with Crippen LogP contribution in [0.3, 0.4) is 0 Å². The van der Waals surface area contributed by atoms with Crippen molar-refractivity contribution in [1.82, 2.24) is 5.32 Å². The molecular weight excluding hydrogens is 661 g/mol. The van der Waals surface area contributed by atoms with Gasteiger partial charge in [-0.3, -0.25) is 20.2 Å². The molecule has 6 aromatic carbocycles. The van der Waals surface area contributed by atoms with Crippen molar-refractivity contribution in [2.75, 3.05) is 12.4 Å². The van der Waals surface area contributed by atoms with Gasteiger partial charge in [-0.1, -0.05) is 164 Å². The zero-order chi connectivity index (χ0) is 36.9. The lowest BCUT2D eigenvalue weighted by molar-refractivity contribution is -0.144. The van der Waals surface area contributed by atoms with Gasteiger partial charge in [0.2, 0.25) is 0 Å². The van der Waals surface area contributed by atoms with Crippen LogP contribution in [0.2, 0.25) is 0 Å². The highest BCUT2D eigenvalue weighted by Crippen LogP contribution is 2.37. The first-order valence-corrected chi connectivity index (χ1v) is 17.4. The predicted molar refractivity (Wildman–Crippen MR) is 209 cm³/mol. The zero-order valence-corrected chi connectivity index (χ0v) is 29.4. The molecule has 0 saturated heterocycles. The van der Waals surface area contributed by atoms with Gasteiger partial charge in [0.1, 0.15) is 12.6 Å². The summed E-state index contributed by atoms with van der Waals surface area (Å²) in [6.07, 6.45) is 2.60. The minimum Gasteiger partial charge on any atom is -0.468 e. The van der Waals surface area contributed by atoms with Crippen LogP contribution in [0.25, 0.3) is 17.2 Å². The molecule has 0 heterocycles. The van der Waals surface area contributed by atoms with E-state index in [2.05, 4.69) is 10.6 Å². The minimum atomic E-state index is -0.956. The van der Waals surface area contributed by atoms with E-state index in [-0.39, 0.29) is 18.8 Å². The number of carbonyl (C=O) groups excluding carboxylic acids is 3. The number of anilines is 1. The molecule has 2 N–H and O–H groups in total. The minimum absolute atomic E-state index is 0.115. The number of amides is 1. The first-order chi connectivity index (χ1) is 25.9. The van der Waals surface area contributed by atoms with E-state index in [0.29, 0.717) is 5.69 Å². The van der Waals surface area contributed by atoms with Crippen LogP contribution in [0, 0.1) is 0 Å². The number of methoxy groups -OCH3 is 1. The molecule has 0 aliphatic heterocycles. The van der Waals surface area contributed by atoms with Crippen LogP contribution in [-0.4, -0.2) is 31.0 Å². The lowest BCUT2D eigenvalue weighted by atomic mass is 9.76. The highest BCUT2D eigenvalue weighted by atomic mass is 16.5. The fraction of sp³-hybridized carbons (Fsp3) is 0.109. The Kier molecular flexibility index (Phi) is 12.0. The van der Waals surface area contributed by atoms with Gasteiger partial charge in [-0.2, -0.15) is 0 Å². The van der Waals surface area contributed by atoms with Crippen LogP contribution in [0.1, 0.15) is 34.2 Å². The fourth-order valence-electron chi connectivity index (χ4n) is 6.28.